The summed E-state index contributed by atoms with van der Waals surface area (Å²) < 4.78 is 10.6. The van der Waals surface area contributed by atoms with Crippen LogP contribution in [-0.2, 0) is 9.53 Å². The normalized spacial score (nSPS) is 14.2. The second-order valence-electron chi connectivity index (χ2n) is 5.53. The summed E-state index contributed by atoms with van der Waals surface area (Å²) in [6, 6.07) is 7.15. The molecule has 0 saturated carbocycles. The maximum absolute atomic E-state index is 12.0. The summed E-state index contributed by atoms with van der Waals surface area (Å²) in [5.74, 6) is 0.249. The standard InChI is InChI=1S/C17H20N2O4/c1-2-22-17(21)15-10-12-9-13(5-6-14(12)18-15)23-11-16(20)19-7-3-4-8-19/h5-6,9-10,18H,2-4,7-8,11H2,1H3. The van der Waals surface area contributed by atoms with E-state index >= 15 is 0 Å². The van der Waals surface area contributed by atoms with E-state index in [1.165, 1.54) is 0 Å². The fourth-order valence-corrected chi connectivity index (χ4v) is 2.72. The fourth-order valence-electron chi connectivity index (χ4n) is 2.72. The molecule has 1 aliphatic heterocycles. The van der Waals surface area contributed by atoms with E-state index in [9.17, 15) is 9.59 Å². The topological polar surface area (TPSA) is 71.6 Å². The number of hydrogen-bond acceptors (Lipinski definition) is 4. The molecule has 23 heavy (non-hydrogen) atoms. The zero-order chi connectivity index (χ0) is 16.2. The highest BCUT2D eigenvalue weighted by atomic mass is 16.5. The van der Waals surface area contributed by atoms with Crippen LogP contribution < -0.4 is 4.74 Å². The monoisotopic (exact) mass is 316 g/mol. The number of fused-ring (bicyclic) bond motifs is 1. The third kappa shape index (κ3) is 3.47. The molecule has 0 spiro atoms. The number of H-pyrrole nitrogens is 1. The van der Waals surface area contributed by atoms with E-state index in [4.69, 9.17) is 9.47 Å². The number of carbonyl (C=O) groups excluding carboxylic acids is 2. The Labute approximate surface area is 134 Å². The summed E-state index contributed by atoms with van der Waals surface area (Å²) in [7, 11) is 0. The highest BCUT2D eigenvalue weighted by Crippen LogP contribution is 2.22. The zero-order valence-corrected chi connectivity index (χ0v) is 13.1. The van der Waals surface area contributed by atoms with E-state index in [2.05, 4.69) is 4.98 Å². The smallest absolute Gasteiger partial charge is 0.354 e. The molecule has 1 aromatic heterocycles. The van der Waals surface area contributed by atoms with Crippen LogP contribution in [0.1, 0.15) is 30.3 Å². The molecule has 2 heterocycles. The first-order valence-electron chi connectivity index (χ1n) is 7.88. The van der Waals surface area contributed by atoms with Gasteiger partial charge in [-0.15, -0.1) is 0 Å². The molecule has 0 unspecified atom stereocenters. The quantitative estimate of drug-likeness (QED) is 0.860. The third-order valence-electron chi connectivity index (χ3n) is 3.91. The highest BCUT2D eigenvalue weighted by molar-refractivity contribution is 5.95. The lowest BCUT2D eigenvalue weighted by molar-refractivity contribution is -0.132. The Hall–Kier alpha value is -2.50. The minimum absolute atomic E-state index is 0.0175. The lowest BCUT2D eigenvalue weighted by Gasteiger charge is -2.15. The van der Waals surface area contributed by atoms with Crippen LogP contribution in [0.3, 0.4) is 0 Å². The van der Waals surface area contributed by atoms with Crippen molar-refractivity contribution in [3.8, 4) is 5.75 Å². The van der Waals surface area contributed by atoms with Gasteiger partial charge >= 0.3 is 5.97 Å². The van der Waals surface area contributed by atoms with Gasteiger partial charge in [-0.05, 0) is 44.0 Å². The van der Waals surface area contributed by atoms with E-state index in [0.29, 0.717) is 18.1 Å². The number of aromatic amines is 1. The largest absolute Gasteiger partial charge is 0.484 e. The summed E-state index contributed by atoms with van der Waals surface area (Å²) in [5, 5.41) is 0.846. The van der Waals surface area contributed by atoms with Gasteiger partial charge in [0.25, 0.3) is 5.91 Å². The minimum Gasteiger partial charge on any atom is -0.484 e. The second-order valence-corrected chi connectivity index (χ2v) is 5.53. The molecule has 3 rings (SSSR count). The van der Waals surface area contributed by atoms with Crippen molar-refractivity contribution in [2.24, 2.45) is 0 Å². The molecule has 0 radical (unpaired) electrons. The molecule has 6 heteroatoms. The first-order chi connectivity index (χ1) is 11.2. The van der Waals surface area contributed by atoms with Gasteiger partial charge in [0.1, 0.15) is 11.4 Å². The molecule has 0 atom stereocenters. The van der Waals surface area contributed by atoms with Gasteiger partial charge in [0, 0.05) is 24.0 Å². The molecular formula is C17H20N2O4. The van der Waals surface area contributed by atoms with Crippen molar-refractivity contribution < 1.29 is 19.1 Å². The zero-order valence-electron chi connectivity index (χ0n) is 13.1. The van der Waals surface area contributed by atoms with Crippen LogP contribution in [-0.4, -0.2) is 48.1 Å². The Balaban J connectivity index is 1.67. The van der Waals surface area contributed by atoms with Gasteiger partial charge in [0.05, 0.1) is 6.61 Å². The van der Waals surface area contributed by atoms with Crippen LogP contribution >= 0.6 is 0 Å². The second kappa shape index (κ2) is 6.73. The summed E-state index contributed by atoms with van der Waals surface area (Å²) in [5.41, 5.74) is 1.23. The lowest BCUT2D eigenvalue weighted by atomic mass is 10.2. The summed E-state index contributed by atoms with van der Waals surface area (Å²) in [6.45, 7) is 3.79. The average Bonchev–Trinajstić information content (AvgIpc) is 3.21. The van der Waals surface area contributed by atoms with Crippen LogP contribution in [0, 0.1) is 0 Å². The number of carbonyl (C=O) groups is 2. The van der Waals surface area contributed by atoms with E-state index < -0.39 is 0 Å². The Kier molecular flexibility index (Phi) is 4.50. The van der Waals surface area contributed by atoms with Crippen molar-refractivity contribution in [3.63, 3.8) is 0 Å². The van der Waals surface area contributed by atoms with Gasteiger partial charge in [0.15, 0.2) is 6.61 Å². The highest BCUT2D eigenvalue weighted by Gasteiger charge is 2.18. The van der Waals surface area contributed by atoms with Crippen LogP contribution in [0.5, 0.6) is 5.75 Å². The van der Waals surface area contributed by atoms with E-state index in [1.54, 1.807) is 19.1 Å². The Morgan fingerprint density at radius 1 is 1.22 bits per heavy atom. The van der Waals surface area contributed by atoms with E-state index in [-0.39, 0.29) is 18.5 Å². The van der Waals surface area contributed by atoms with Crippen molar-refractivity contribution in [1.82, 2.24) is 9.88 Å². The summed E-state index contributed by atoms with van der Waals surface area (Å²) >= 11 is 0. The summed E-state index contributed by atoms with van der Waals surface area (Å²) in [6.07, 6.45) is 2.13. The van der Waals surface area contributed by atoms with Crippen LogP contribution in [0.15, 0.2) is 24.3 Å². The molecule has 1 fully saturated rings. The number of ether oxygens (including phenoxy) is 2. The number of nitrogens with one attached hydrogen (secondary N) is 1. The Morgan fingerprint density at radius 3 is 2.74 bits per heavy atom. The molecular weight excluding hydrogens is 296 g/mol. The van der Waals surface area contributed by atoms with E-state index in [0.717, 1.165) is 36.8 Å². The molecule has 0 aliphatic carbocycles. The van der Waals surface area contributed by atoms with Gasteiger partial charge in [-0.25, -0.2) is 4.79 Å². The van der Waals surface area contributed by atoms with Gasteiger partial charge in [-0.2, -0.15) is 0 Å². The predicted molar refractivity (Wildman–Crippen MR) is 85.6 cm³/mol. The lowest BCUT2D eigenvalue weighted by Crippen LogP contribution is -2.32. The fraction of sp³-hybridized carbons (Fsp3) is 0.412. The van der Waals surface area contributed by atoms with Crippen molar-refractivity contribution in [2.45, 2.75) is 19.8 Å². The molecule has 6 nitrogen and oxygen atoms in total. The average molecular weight is 316 g/mol. The van der Waals surface area contributed by atoms with Crippen LogP contribution in [0.25, 0.3) is 10.9 Å². The molecule has 122 valence electrons. The van der Waals surface area contributed by atoms with Gasteiger partial charge in [-0.1, -0.05) is 0 Å². The Bertz CT molecular complexity index is 716. The Morgan fingerprint density at radius 2 is 2.00 bits per heavy atom. The first-order valence-corrected chi connectivity index (χ1v) is 7.88. The molecule has 1 N–H and O–H groups in total. The third-order valence-corrected chi connectivity index (χ3v) is 3.91. The maximum atomic E-state index is 12.0. The molecule has 2 aromatic rings. The van der Waals surface area contributed by atoms with Gasteiger partial charge < -0.3 is 19.4 Å². The molecule has 0 bridgehead atoms. The molecule has 1 aromatic carbocycles. The number of hydrogen-bond donors (Lipinski definition) is 1. The number of esters is 1. The number of benzene rings is 1. The van der Waals surface area contributed by atoms with E-state index in [1.807, 2.05) is 17.0 Å². The molecule has 1 saturated heterocycles. The molecule has 1 aliphatic rings. The number of rotatable bonds is 5. The SMILES string of the molecule is CCOC(=O)c1cc2cc(OCC(=O)N3CCCC3)ccc2[nH]1. The minimum atomic E-state index is -0.379. The van der Waals surface area contributed by atoms with Crippen molar-refractivity contribution in [2.75, 3.05) is 26.3 Å². The van der Waals surface area contributed by atoms with Crippen molar-refractivity contribution in [3.05, 3.63) is 30.0 Å². The van der Waals surface area contributed by atoms with Crippen LogP contribution in [0.2, 0.25) is 0 Å². The van der Waals surface area contributed by atoms with Gasteiger partial charge in [0.2, 0.25) is 0 Å². The summed E-state index contributed by atoms with van der Waals surface area (Å²) in [4.78, 5) is 28.5. The predicted octanol–water partition coefficient (Wildman–Crippen LogP) is 2.35. The number of amides is 1. The maximum Gasteiger partial charge on any atom is 0.354 e. The van der Waals surface area contributed by atoms with Gasteiger partial charge in [-0.3, -0.25) is 4.79 Å². The number of aromatic nitrogens is 1. The first kappa shape index (κ1) is 15.4. The number of nitrogens with zero attached hydrogens (tertiary/aromatic N) is 1. The molecule has 1 amide bonds. The number of likely N-dealkylation sites (tertiary alicyclic amines) is 1. The van der Waals surface area contributed by atoms with Crippen molar-refractivity contribution >= 4 is 22.8 Å². The van der Waals surface area contributed by atoms with Crippen LogP contribution in [0.4, 0.5) is 0 Å². The van der Waals surface area contributed by atoms with Crippen molar-refractivity contribution in [1.29, 1.82) is 0 Å².